The lowest BCUT2D eigenvalue weighted by Crippen LogP contribution is -2.61. The van der Waals surface area contributed by atoms with Crippen molar-refractivity contribution in [1.29, 1.82) is 0 Å². The Hall–Kier alpha value is -5.40. The molecule has 0 saturated carbocycles. The van der Waals surface area contributed by atoms with Gasteiger partial charge in [0.1, 0.15) is 25.4 Å². The number of hydrogen-bond donors (Lipinski definition) is 0. The van der Waals surface area contributed by atoms with Crippen molar-refractivity contribution in [2.75, 3.05) is 6.61 Å². The summed E-state index contributed by atoms with van der Waals surface area (Å²) in [5, 5.41) is 4.35. The molecule has 266 valence electrons. The number of benzene rings is 2. The molecule has 0 aliphatic carbocycles. The summed E-state index contributed by atoms with van der Waals surface area (Å²) in [6.45, 7) is 7.96. The molecular weight excluding hydrogens is 652 g/mol. The van der Waals surface area contributed by atoms with Crippen molar-refractivity contribution in [2.24, 2.45) is 10.5 Å². The fourth-order valence-electron chi connectivity index (χ4n) is 5.46. The van der Waals surface area contributed by atoms with Crippen molar-refractivity contribution in [3.8, 4) is 0 Å². The Kier molecular flexibility index (Phi) is 12.2. The van der Waals surface area contributed by atoms with E-state index in [9.17, 15) is 29.5 Å². The van der Waals surface area contributed by atoms with E-state index >= 15 is 0 Å². The van der Waals surface area contributed by atoms with Gasteiger partial charge >= 0.3 is 29.8 Å². The third kappa shape index (κ3) is 9.39. The monoisotopic (exact) mass is 692 g/mol. The van der Waals surface area contributed by atoms with Crippen LogP contribution in [-0.4, -0.2) is 71.5 Å². The highest BCUT2D eigenvalue weighted by Crippen LogP contribution is 2.39. The molecule has 0 radical (unpaired) electrons. The van der Waals surface area contributed by atoms with E-state index < -0.39 is 78.6 Å². The minimum Gasteiger partial charge on any atom is -0.463 e. The van der Waals surface area contributed by atoms with Crippen molar-refractivity contribution in [3.05, 3.63) is 82.4 Å². The zero-order chi connectivity index (χ0) is 36.6. The Morgan fingerprint density at radius 2 is 1.50 bits per heavy atom. The number of azide groups is 1. The number of hydrogen-bond acceptors (Lipinski definition) is 12. The van der Waals surface area contributed by atoms with Gasteiger partial charge in [-0.2, -0.15) is 0 Å². The van der Waals surface area contributed by atoms with E-state index in [1.165, 1.54) is 6.92 Å². The fourth-order valence-corrected chi connectivity index (χ4v) is 5.46. The minimum atomic E-state index is -1.41. The van der Waals surface area contributed by atoms with Crippen molar-refractivity contribution in [1.82, 2.24) is 4.57 Å². The van der Waals surface area contributed by atoms with Gasteiger partial charge in [-0.3, -0.25) is 24.0 Å². The van der Waals surface area contributed by atoms with Crippen molar-refractivity contribution in [3.63, 3.8) is 0 Å². The van der Waals surface area contributed by atoms with E-state index in [1.807, 2.05) is 6.07 Å². The summed E-state index contributed by atoms with van der Waals surface area (Å²) in [4.78, 5) is 66.0. The molecule has 15 nitrogen and oxygen atoms in total. The Bertz CT molecular complexity index is 1760. The van der Waals surface area contributed by atoms with E-state index in [2.05, 4.69) is 10.0 Å². The summed E-state index contributed by atoms with van der Waals surface area (Å²) in [7, 11) is 0. The second-order valence-electron chi connectivity index (χ2n) is 12.7. The van der Waals surface area contributed by atoms with E-state index in [0.29, 0.717) is 16.5 Å². The molecule has 1 fully saturated rings. The number of esters is 5. The topological polar surface area (TPSA) is 194 Å². The van der Waals surface area contributed by atoms with Gasteiger partial charge in [0, 0.05) is 37.3 Å². The summed E-state index contributed by atoms with van der Waals surface area (Å²) >= 11 is 0. The van der Waals surface area contributed by atoms with Crippen molar-refractivity contribution in [2.45, 2.75) is 91.3 Å². The average Bonchev–Trinajstić information content (AvgIpc) is 3.41. The third-order valence-electron chi connectivity index (χ3n) is 7.72. The van der Waals surface area contributed by atoms with Crippen LogP contribution in [0.15, 0.2) is 65.9 Å². The van der Waals surface area contributed by atoms with Gasteiger partial charge in [0.25, 0.3) is 0 Å². The summed E-state index contributed by atoms with van der Waals surface area (Å²) in [5.74, 6) is -3.57. The Morgan fingerprint density at radius 3 is 2.12 bits per heavy atom. The Labute approximate surface area is 288 Å². The number of aromatic nitrogens is 1. The molecule has 0 bridgehead atoms. The number of fused-ring (bicyclic) bond motifs is 1. The number of para-hydroxylation sites is 1. The lowest BCUT2D eigenvalue weighted by molar-refractivity contribution is -0.270. The quantitative estimate of drug-likeness (QED) is 0.0825. The number of carbonyl (C=O) groups excluding carboxylic acids is 5. The maximum absolute atomic E-state index is 13.4. The molecule has 2 aromatic carbocycles. The molecule has 0 N–H and O–H groups in total. The highest BCUT2D eigenvalue weighted by atomic mass is 16.7. The van der Waals surface area contributed by atoms with Gasteiger partial charge in [-0.05, 0) is 49.9 Å². The number of nitrogens with zero attached hydrogens (tertiary/aromatic N) is 4. The van der Waals surface area contributed by atoms with Gasteiger partial charge in [-0.25, -0.2) is 0 Å². The van der Waals surface area contributed by atoms with Crippen LogP contribution >= 0.6 is 0 Å². The molecule has 0 unspecified atom stereocenters. The maximum Gasteiger partial charge on any atom is 0.315 e. The van der Waals surface area contributed by atoms with E-state index in [4.69, 9.17) is 28.4 Å². The SMILES string of the molecule is CC(=O)OC[C@H]1O[C@@H](n2cc(C[C@H](N=[N+]=[N-])C(=O)OCc3ccccc3)c3ccccc32)[C@H](OC(=O)C(C)(C)C)[C@@H](OC(C)=O)[C@@H]1OC(C)=O. The van der Waals surface area contributed by atoms with E-state index in [0.717, 1.165) is 19.4 Å². The number of rotatable bonds is 12. The van der Waals surface area contributed by atoms with Gasteiger partial charge in [0.05, 0.1) is 10.9 Å². The van der Waals surface area contributed by atoms with Crippen LogP contribution < -0.4 is 0 Å². The van der Waals surface area contributed by atoms with Crippen LogP contribution in [0.3, 0.4) is 0 Å². The van der Waals surface area contributed by atoms with E-state index in [1.54, 1.807) is 80.1 Å². The first-order valence-electron chi connectivity index (χ1n) is 15.9. The number of carbonyl (C=O) groups is 5. The lowest BCUT2D eigenvalue weighted by Gasteiger charge is -2.45. The summed E-state index contributed by atoms with van der Waals surface area (Å²) in [6, 6.07) is 14.8. The lowest BCUT2D eigenvalue weighted by atomic mass is 9.94. The van der Waals surface area contributed by atoms with Crippen LogP contribution in [0.25, 0.3) is 21.3 Å². The van der Waals surface area contributed by atoms with Gasteiger partial charge < -0.3 is 33.0 Å². The largest absolute Gasteiger partial charge is 0.463 e. The standard InChI is InChI=1S/C35H40N4O11/c1-20(40)45-19-28-29(47-21(2)41)30(48-22(3)42)31(50-34(44)35(4,5)6)32(49-28)39-17-24(25-14-10-11-15-27(25)39)16-26(37-38-36)33(43)46-18-23-12-8-7-9-13-23/h7-15,17,26,28-32H,16,18-19H2,1-6H3/t26-,28+,29+,30-,31+,32+/m0/s1. The molecule has 4 rings (SSSR count). The van der Waals surface area contributed by atoms with Gasteiger partial charge in [0.2, 0.25) is 0 Å². The Balaban J connectivity index is 1.81. The molecule has 6 atom stereocenters. The predicted octanol–water partition coefficient (Wildman–Crippen LogP) is 4.89. The first-order valence-corrected chi connectivity index (χ1v) is 15.9. The Morgan fingerprint density at radius 1 is 0.860 bits per heavy atom. The van der Waals surface area contributed by atoms with Crippen LogP contribution in [0, 0.1) is 5.41 Å². The average molecular weight is 693 g/mol. The molecule has 2 heterocycles. The molecule has 3 aromatic rings. The molecule has 50 heavy (non-hydrogen) atoms. The second-order valence-corrected chi connectivity index (χ2v) is 12.7. The smallest absolute Gasteiger partial charge is 0.315 e. The zero-order valence-electron chi connectivity index (χ0n) is 28.6. The zero-order valence-corrected chi connectivity index (χ0v) is 28.6. The fraction of sp³-hybridized carbons (Fsp3) is 0.457. The summed E-state index contributed by atoms with van der Waals surface area (Å²) in [6.07, 6.45) is -5.02. The van der Waals surface area contributed by atoms with Crippen molar-refractivity contribution < 1.29 is 52.4 Å². The molecule has 1 saturated heterocycles. The first kappa shape index (κ1) is 37.4. The second kappa shape index (κ2) is 16.3. The summed E-state index contributed by atoms with van der Waals surface area (Å²) < 4.78 is 36.0. The van der Waals surface area contributed by atoms with Gasteiger partial charge in [-0.15, -0.1) is 0 Å². The minimum absolute atomic E-state index is 0.0274. The molecule has 15 heteroatoms. The molecule has 0 amide bonds. The first-order chi connectivity index (χ1) is 23.7. The van der Waals surface area contributed by atoms with Crippen molar-refractivity contribution >= 4 is 40.7 Å². The third-order valence-corrected chi connectivity index (χ3v) is 7.72. The van der Waals surface area contributed by atoms with Gasteiger partial charge in [-0.1, -0.05) is 53.6 Å². The molecular formula is C35H40N4O11. The van der Waals surface area contributed by atoms with E-state index in [-0.39, 0.29) is 13.0 Å². The molecule has 1 aliphatic rings. The van der Waals surface area contributed by atoms with Crippen LogP contribution in [-0.2, 0) is 65.4 Å². The molecule has 1 aromatic heterocycles. The normalized spacial score (nSPS) is 20.9. The van der Waals surface area contributed by atoms with Crippen LogP contribution in [0.2, 0.25) is 0 Å². The van der Waals surface area contributed by atoms with Crippen LogP contribution in [0.1, 0.15) is 58.9 Å². The highest BCUT2D eigenvalue weighted by Gasteiger charge is 2.53. The summed E-state index contributed by atoms with van der Waals surface area (Å²) in [5.41, 5.74) is 10.2. The molecule has 1 aliphatic heterocycles. The maximum atomic E-state index is 13.4. The number of ether oxygens (including phenoxy) is 6. The predicted molar refractivity (Wildman–Crippen MR) is 176 cm³/mol. The van der Waals surface area contributed by atoms with Crippen LogP contribution in [0.4, 0.5) is 0 Å². The highest BCUT2D eigenvalue weighted by molar-refractivity contribution is 5.86. The van der Waals surface area contributed by atoms with Crippen LogP contribution in [0.5, 0.6) is 0 Å². The molecule has 0 spiro atoms. The van der Waals surface area contributed by atoms with Gasteiger partial charge in [0.15, 0.2) is 24.5 Å².